The van der Waals surface area contributed by atoms with Crippen molar-refractivity contribution < 1.29 is 23.5 Å². The van der Waals surface area contributed by atoms with Crippen molar-refractivity contribution in [2.75, 3.05) is 7.11 Å². The summed E-state index contributed by atoms with van der Waals surface area (Å²) in [5.41, 5.74) is 1.40. The van der Waals surface area contributed by atoms with Crippen LogP contribution in [-0.4, -0.2) is 56.3 Å². The first-order valence-electron chi connectivity index (χ1n) is 10.4. The molecule has 0 N–H and O–H groups in total. The van der Waals surface area contributed by atoms with Gasteiger partial charge in [0.15, 0.2) is 28.6 Å². The van der Waals surface area contributed by atoms with Gasteiger partial charge in [0.05, 0.1) is 23.5 Å². The molecule has 1 aliphatic heterocycles. The summed E-state index contributed by atoms with van der Waals surface area (Å²) in [7, 11) is 1.26. The molecule has 2 aromatic carbocycles. The molecule has 4 atom stereocenters. The van der Waals surface area contributed by atoms with E-state index in [2.05, 4.69) is 20.3 Å². The van der Waals surface area contributed by atoms with E-state index in [1.165, 1.54) is 18.1 Å². The molecule has 2 aromatic heterocycles. The molecule has 0 spiro atoms. The van der Waals surface area contributed by atoms with Crippen LogP contribution in [0, 0.1) is 0 Å². The fraction of sp³-hybridized carbons (Fsp3) is 0.217. The Morgan fingerprint density at radius 2 is 1.80 bits per heavy atom. The molecule has 0 saturated carbocycles. The molecule has 9 nitrogen and oxygen atoms in total. The van der Waals surface area contributed by atoms with Gasteiger partial charge in [-0.3, -0.25) is 0 Å². The number of esters is 2. The number of benzene rings is 2. The van der Waals surface area contributed by atoms with E-state index in [0.717, 1.165) is 11.8 Å². The second-order valence-corrected chi connectivity index (χ2v) is 9.20. The van der Waals surface area contributed by atoms with E-state index in [4.69, 9.17) is 21.1 Å². The van der Waals surface area contributed by atoms with Crippen molar-refractivity contribution >= 4 is 46.5 Å². The minimum Gasteiger partial charge on any atom is -0.465 e. The SMILES string of the molecule is COC(=O)c1ccccc1[C@H]1S[C@@H](n2nnc3c(Cl)ncnc32)[C@H](OC(=O)c2ccccc2)[C@@H]1F. The first-order chi connectivity index (χ1) is 17.0. The number of rotatable bonds is 5. The number of fused-ring (bicyclic) bond motifs is 1. The number of hydrogen-bond donors (Lipinski definition) is 0. The molecule has 1 saturated heterocycles. The molecule has 1 aliphatic rings. The van der Waals surface area contributed by atoms with Gasteiger partial charge in [-0.05, 0) is 23.8 Å². The second kappa shape index (κ2) is 9.59. The molecule has 0 amide bonds. The lowest BCUT2D eigenvalue weighted by Crippen LogP contribution is -2.32. The Kier molecular flexibility index (Phi) is 6.35. The highest BCUT2D eigenvalue weighted by Gasteiger charge is 2.51. The third kappa shape index (κ3) is 4.21. The fourth-order valence-electron chi connectivity index (χ4n) is 3.91. The van der Waals surface area contributed by atoms with E-state index in [1.807, 2.05) is 0 Å². The largest absolute Gasteiger partial charge is 0.465 e. The molecule has 12 heteroatoms. The Hall–Kier alpha value is -3.57. The summed E-state index contributed by atoms with van der Waals surface area (Å²) >= 11 is 7.25. The van der Waals surface area contributed by atoms with E-state index in [9.17, 15) is 9.59 Å². The Morgan fingerprint density at radius 1 is 1.06 bits per heavy atom. The van der Waals surface area contributed by atoms with Crippen molar-refractivity contribution in [2.24, 2.45) is 0 Å². The highest BCUT2D eigenvalue weighted by molar-refractivity contribution is 8.00. The highest BCUT2D eigenvalue weighted by atomic mass is 35.5. The van der Waals surface area contributed by atoms with Crippen LogP contribution in [-0.2, 0) is 9.47 Å². The molecular weight excluding hydrogens is 497 g/mol. The van der Waals surface area contributed by atoms with Crippen molar-refractivity contribution in [1.82, 2.24) is 25.0 Å². The molecule has 5 rings (SSSR count). The average molecular weight is 514 g/mol. The summed E-state index contributed by atoms with van der Waals surface area (Å²) < 4.78 is 28.0. The summed E-state index contributed by atoms with van der Waals surface area (Å²) in [5.74, 6) is -1.29. The lowest BCUT2D eigenvalue weighted by atomic mass is 9.99. The number of alkyl halides is 1. The molecule has 0 aliphatic carbocycles. The molecule has 1 fully saturated rings. The van der Waals surface area contributed by atoms with E-state index in [1.54, 1.807) is 54.6 Å². The van der Waals surface area contributed by atoms with Crippen LogP contribution >= 0.6 is 23.4 Å². The number of halogens is 2. The third-order valence-corrected chi connectivity index (χ3v) is 7.38. The highest BCUT2D eigenvalue weighted by Crippen LogP contribution is 2.54. The maximum absolute atomic E-state index is 16.1. The molecular formula is C23H17ClFN5O4S. The molecule has 178 valence electrons. The van der Waals surface area contributed by atoms with Crippen LogP contribution in [0.15, 0.2) is 60.9 Å². The summed E-state index contributed by atoms with van der Waals surface area (Å²) in [6, 6.07) is 14.9. The molecule has 0 radical (unpaired) electrons. The van der Waals surface area contributed by atoms with Gasteiger partial charge in [-0.2, -0.15) is 0 Å². The Bertz CT molecular complexity index is 1410. The monoisotopic (exact) mass is 513 g/mol. The van der Waals surface area contributed by atoms with Crippen molar-refractivity contribution in [1.29, 1.82) is 0 Å². The van der Waals surface area contributed by atoms with Gasteiger partial charge < -0.3 is 9.47 Å². The van der Waals surface area contributed by atoms with Crippen molar-refractivity contribution in [3.05, 3.63) is 82.8 Å². The number of nitrogens with zero attached hydrogens (tertiary/aromatic N) is 5. The minimum atomic E-state index is -1.69. The third-order valence-electron chi connectivity index (χ3n) is 5.55. The number of thioether (sulfide) groups is 1. The zero-order chi connectivity index (χ0) is 24.5. The van der Waals surface area contributed by atoms with Crippen molar-refractivity contribution in [2.45, 2.75) is 22.9 Å². The van der Waals surface area contributed by atoms with Gasteiger partial charge in [0, 0.05) is 0 Å². The van der Waals surface area contributed by atoms with Crippen LogP contribution in [0.1, 0.15) is 36.9 Å². The molecule has 3 heterocycles. The van der Waals surface area contributed by atoms with Crippen molar-refractivity contribution in [3.63, 3.8) is 0 Å². The second-order valence-electron chi connectivity index (χ2n) is 7.58. The quantitative estimate of drug-likeness (QED) is 0.286. The van der Waals surface area contributed by atoms with Crippen LogP contribution in [0.25, 0.3) is 11.2 Å². The first-order valence-corrected chi connectivity index (χ1v) is 11.8. The van der Waals surface area contributed by atoms with Gasteiger partial charge in [-0.25, -0.2) is 28.6 Å². The molecule has 0 unspecified atom stereocenters. The topological polar surface area (TPSA) is 109 Å². The molecule has 0 bridgehead atoms. The Balaban J connectivity index is 1.57. The van der Waals surface area contributed by atoms with Crippen LogP contribution < -0.4 is 0 Å². The number of aromatic nitrogens is 5. The summed E-state index contributed by atoms with van der Waals surface area (Å²) in [5, 5.41) is 6.49. The lowest BCUT2D eigenvalue weighted by molar-refractivity contribution is 0.00233. The van der Waals surface area contributed by atoms with E-state index in [0.29, 0.717) is 5.56 Å². The van der Waals surface area contributed by atoms with Crippen LogP contribution in [0.5, 0.6) is 0 Å². The number of hydrogen-bond acceptors (Lipinski definition) is 9. The Labute approximate surface area is 207 Å². The predicted octanol–water partition coefficient (Wildman–Crippen LogP) is 4.21. The van der Waals surface area contributed by atoms with Gasteiger partial charge in [-0.15, -0.1) is 16.9 Å². The van der Waals surface area contributed by atoms with Gasteiger partial charge in [0.1, 0.15) is 11.7 Å². The lowest BCUT2D eigenvalue weighted by Gasteiger charge is -2.21. The van der Waals surface area contributed by atoms with Crippen LogP contribution in [0.2, 0.25) is 5.15 Å². The van der Waals surface area contributed by atoms with Crippen LogP contribution in [0.4, 0.5) is 4.39 Å². The fourth-order valence-corrected chi connectivity index (χ4v) is 5.65. The van der Waals surface area contributed by atoms with Crippen molar-refractivity contribution in [3.8, 4) is 0 Å². The average Bonchev–Trinajstić information content (AvgIpc) is 3.46. The summed E-state index contributed by atoms with van der Waals surface area (Å²) in [4.78, 5) is 33.3. The van der Waals surface area contributed by atoms with Gasteiger partial charge >= 0.3 is 11.9 Å². The summed E-state index contributed by atoms with van der Waals surface area (Å²) in [6.45, 7) is 0. The van der Waals surface area contributed by atoms with Gasteiger partial charge in [0.2, 0.25) is 0 Å². The van der Waals surface area contributed by atoms with Gasteiger partial charge in [0.25, 0.3) is 0 Å². The maximum atomic E-state index is 16.1. The van der Waals surface area contributed by atoms with E-state index in [-0.39, 0.29) is 27.4 Å². The minimum absolute atomic E-state index is 0.0893. The zero-order valence-corrected chi connectivity index (χ0v) is 19.7. The predicted molar refractivity (Wildman–Crippen MR) is 126 cm³/mol. The molecule has 35 heavy (non-hydrogen) atoms. The standard InChI is InChI=1S/C23H17ClFN5O4S/c1-33-23(32)14-10-6-5-9-13(14)18-15(25)17(34-22(31)12-7-3-2-4-8-12)21(35-18)30-20-16(28-29-30)19(24)26-11-27-20/h2-11,15,17-18,21H,1H3/t15-,17+,18+,21+/m0/s1. The number of carbonyl (C=O) groups excluding carboxylic acids is 2. The van der Waals surface area contributed by atoms with Gasteiger partial charge in [-0.1, -0.05) is 53.2 Å². The van der Waals surface area contributed by atoms with E-state index >= 15 is 4.39 Å². The summed E-state index contributed by atoms with van der Waals surface area (Å²) in [6.07, 6.45) is -1.73. The molecule has 4 aromatic rings. The maximum Gasteiger partial charge on any atom is 0.338 e. The Morgan fingerprint density at radius 3 is 2.57 bits per heavy atom. The van der Waals surface area contributed by atoms with E-state index < -0.39 is 34.8 Å². The van der Waals surface area contributed by atoms with Crippen LogP contribution in [0.3, 0.4) is 0 Å². The zero-order valence-electron chi connectivity index (χ0n) is 18.1. The number of ether oxygens (including phenoxy) is 2. The first kappa shape index (κ1) is 23.2. The number of carbonyl (C=O) groups is 2. The smallest absolute Gasteiger partial charge is 0.338 e. The normalized spacial score (nSPS) is 21.7. The number of methoxy groups -OCH3 is 1.